The van der Waals surface area contributed by atoms with Crippen LogP contribution in [-0.2, 0) is 4.79 Å². The number of carbonyl (C=O) groups is 1. The third-order valence-corrected chi connectivity index (χ3v) is 4.81. The number of amides is 1. The first-order valence-electron chi connectivity index (χ1n) is 8.12. The van der Waals surface area contributed by atoms with Gasteiger partial charge in [-0.25, -0.2) is 4.99 Å². The topological polar surface area (TPSA) is 41.9 Å². The fraction of sp³-hybridized carbons (Fsp3) is 0.200. The van der Waals surface area contributed by atoms with E-state index in [9.17, 15) is 4.79 Å². The molecule has 4 nitrogen and oxygen atoms in total. The van der Waals surface area contributed by atoms with E-state index >= 15 is 0 Å². The predicted molar refractivity (Wildman–Crippen MR) is 104 cm³/mol. The Morgan fingerprint density at radius 3 is 2.44 bits per heavy atom. The van der Waals surface area contributed by atoms with Crippen molar-refractivity contribution in [3.8, 4) is 5.75 Å². The molecule has 1 fully saturated rings. The Kier molecular flexibility index (Phi) is 5.24. The fourth-order valence-corrected chi connectivity index (χ4v) is 3.35. The molecule has 0 saturated carbocycles. The van der Waals surface area contributed by atoms with Gasteiger partial charge >= 0.3 is 0 Å². The zero-order chi connectivity index (χ0) is 17.8. The first-order valence-corrected chi connectivity index (χ1v) is 8.94. The van der Waals surface area contributed by atoms with Crippen LogP contribution in [0.2, 0.25) is 0 Å². The summed E-state index contributed by atoms with van der Waals surface area (Å²) in [4.78, 5) is 19.3. The van der Waals surface area contributed by atoms with Gasteiger partial charge in [-0.05, 0) is 61.5 Å². The molecular weight excluding hydrogens is 332 g/mol. The van der Waals surface area contributed by atoms with Crippen LogP contribution in [0.15, 0.2) is 58.4 Å². The van der Waals surface area contributed by atoms with E-state index in [1.165, 1.54) is 17.3 Å². The SMILES string of the molecule is CCOc1ccc(/C=C2\SC(=Nc3ccc(C)cc3)N(C)C2=O)cc1. The van der Waals surface area contributed by atoms with Gasteiger partial charge in [0.1, 0.15) is 5.75 Å². The van der Waals surface area contributed by atoms with Gasteiger partial charge in [0.05, 0.1) is 17.2 Å². The Morgan fingerprint density at radius 1 is 1.12 bits per heavy atom. The highest BCUT2D eigenvalue weighted by Crippen LogP contribution is 2.33. The van der Waals surface area contributed by atoms with E-state index < -0.39 is 0 Å². The average molecular weight is 352 g/mol. The molecule has 2 aromatic rings. The Balaban J connectivity index is 1.81. The zero-order valence-electron chi connectivity index (χ0n) is 14.5. The van der Waals surface area contributed by atoms with Crippen molar-refractivity contribution in [2.45, 2.75) is 13.8 Å². The van der Waals surface area contributed by atoms with Gasteiger partial charge in [0, 0.05) is 7.05 Å². The molecule has 2 aromatic carbocycles. The van der Waals surface area contributed by atoms with Gasteiger partial charge in [0.15, 0.2) is 5.17 Å². The third kappa shape index (κ3) is 4.12. The summed E-state index contributed by atoms with van der Waals surface area (Å²) < 4.78 is 5.44. The lowest BCUT2D eigenvalue weighted by atomic mass is 10.2. The van der Waals surface area contributed by atoms with Gasteiger partial charge < -0.3 is 4.74 Å². The van der Waals surface area contributed by atoms with Crippen molar-refractivity contribution in [3.63, 3.8) is 0 Å². The first-order chi connectivity index (χ1) is 12.1. The standard InChI is InChI=1S/C20H20N2O2S/c1-4-24-17-11-7-15(8-12-17)13-18-19(23)22(3)20(25-18)21-16-9-5-14(2)6-10-16/h5-13H,4H2,1-3H3/b18-13-,21-20?. The van der Waals surface area contributed by atoms with Crippen molar-refractivity contribution in [2.75, 3.05) is 13.7 Å². The van der Waals surface area contributed by atoms with Gasteiger partial charge in [-0.1, -0.05) is 29.8 Å². The first kappa shape index (κ1) is 17.3. The minimum Gasteiger partial charge on any atom is -0.494 e. The summed E-state index contributed by atoms with van der Waals surface area (Å²) in [6.07, 6.45) is 1.89. The summed E-state index contributed by atoms with van der Waals surface area (Å²) in [6.45, 7) is 4.63. The van der Waals surface area contributed by atoms with Crippen molar-refractivity contribution >= 4 is 34.6 Å². The highest BCUT2D eigenvalue weighted by atomic mass is 32.2. The number of hydrogen-bond acceptors (Lipinski definition) is 4. The second kappa shape index (κ2) is 7.57. The number of hydrogen-bond donors (Lipinski definition) is 0. The second-order valence-corrected chi connectivity index (χ2v) is 6.72. The van der Waals surface area contributed by atoms with Crippen LogP contribution < -0.4 is 4.74 Å². The maximum Gasteiger partial charge on any atom is 0.266 e. The van der Waals surface area contributed by atoms with Crippen molar-refractivity contribution in [1.29, 1.82) is 0 Å². The molecule has 5 heteroatoms. The summed E-state index contributed by atoms with van der Waals surface area (Å²) in [5, 5.41) is 0.686. The maximum absolute atomic E-state index is 12.5. The number of ether oxygens (including phenoxy) is 1. The van der Waals surface area contributed by atoms with Gasteiger partial charge in [-0.15, -0.1) is 0 Å². The molecule has 25 heavy (non-hydrogen) atoms. The summed E-state index contributed by atoms with van der Waals surface area (Å²) in [5.74, 6) is 0.790. The van der Waals surface area contributed by atoms with Gasteiger partial charge in [-0.3, -0.25) is 9.69 Å². The summed E-state index contributed by atoms with van der Waals surface area (Å²) in [5.41, 5.74) is 2.99. The van der Waals surface area contributed by atoms with Crippen LogP contribution in [0.1, 0.15) is 18.1 Å². The Morgan fingerprint density at radius 2 is 1.80 bits per heavy atom. The zero-order valence-corrected chi connectivity index (χ0v) is 15.3. The Bertz CT molecular complexity index is 824. The normalized spacial score (nSPS) is 17.6. The smallest absolute Gasteiger partial charge is 0.266 e. The minimum atomic E-state index is -0.0373. The van der Waals surface area contributed by atoms with E-state index in [0.717, 1.165) is 17.0 Å². The van der Waals surface area contributed by atoms with Crippen molar-refractivity contribution in [1.82, 2.24) is 4.90 Å². The van der Waals surface area contributed by atoms with E-state index in [0.29, 0.717) is 16.7 Å². The Hall–Kier alpha value is -2.53. The number of rotatable bonds is 4. The highest BCUT2D eigenvalue weighted by molar-refractivity contribution is 8.18. The minimum absolute atomic E-state index is 0.0373. The molecule has 1 amide bonds. The predicted octanol–water partition coefficient (Wildman–Crippen LogP) is 4.63. The van der Waals surface area contributed by atoms with Gasteiger partial charge in [0.2, 0.25) is 0 Å². The average Bonchev–Trinajstić information content (AvgIpc) is 2.87. The number of aryl methyl sites for hydroxylation is 1. The van der Waals surface area contributed by atoms with Crippen LogP contribution in [0.4, 0.5) is 5.69 Å². The molecule has 1 aliphatic heterocycles. The molecule has 0 aliphatic carbocycles. The molecule has 128 valence electrons. The molecule has 0 radical (unpaired) electrons. The fourth-order valence-electron chi connectivity index (χ4n) is 2.36. The molecule has 0 unspecified atom stereocenters. The molecule has 1 heterocycles. The van der Waals surface area contributed by atoms with Crippen LogP contribution >= 0.6 is 11.8 Å². The lowest BCUT2D eigenvalue weighted by molar-refractivity contribution is -0.121. The lowest BCUT2D eigenvalue weighted by Gasteiger charge is -2.07. The van der Waals surface area contributed by atoms with Crippen molar-refractivity contribution in [3.05, 3.63) is 64.6 Å². The monoisotopic (exact) mass is 352 g/mol. The molecule has 0 aromatic heterocycles. The largest absolute Gasteiger partial charge is 0.494 e. The second-order valence-electron chi connectivity index (χ2n) is 5.71. The maximum atomic E-state index is 12.5. The van der Waals surface area contributed by atoms with E-state index in [-0.39, 0.29) is 5.91 Å². The number of nitrogens with zero attached hydrogens (tertiary/aromatic N) is 2. The van der Waals surface area contributed by atoms with Crippen LogP contribution in [0.3, 0.4) is 0 Å². The highest BCUT2D eigenvalue weighted by Gasteiger charge is 2.30. The molecule has 0 bridgehead atoms. The summed E-state index contributed by atoms with van der Waals surface area (Å²) in [6, 6.07) is 15.6. The van der Waals surface area contributed by atoms with Crippen molar-refractivity contribution in [2.24, 2.45) is 4.99 Å². The quantitative estimate of drug-likeness (QED) is 0.754. The molecule has 0 atom stereocenters. The number of amidine groups is 1. The number of aliphatic imine (C=N–C) groups is 1. The summed E-state index contributed by atoms with van der Waals surface area (Å²) in [7, 11) is 1.75. The molecule has 1 saturated heterocycles. The lowest BCUT2D eigenvalue weighted by Crippen LogP contribution is -2.23. The third-order valence-electron chi connectivity index (χ3n) is 3.75. The molecule has 3 rings (SSSR count). The number of benzene rings is 2. The number of likely N-dealkylation sites (N-methyl/N-ethyl adjacent to an activating group) is 1. The Labute approximate surface area is 152 Å². The van der Waals surface area contributed by atoms with E-state index in [4.69, 9.17) is 4.74 Å². The molecule has 0 spiro atoms. The van der Waals surface area contributed by atoms with Crippen LogP contribution in [0, 0.1) is 6.92 Å². The van der Waals surface area contributed by atoms with Crippen LogP contribution in [-0.4, -0.2) is 29.6 Å². The molecule has 0 N–H and O–H groups in total. The van der Waals surface area contributed by atoms with Gasteiger partial charge in [0.25, 0.3) is 5.91 Å². The van der Waals surface area contributed by atoms with Crippen LogP contribution in [0.25, 0.3) is 6.08 Å². The number of carbonyl (C=O) groups excluding carboxylic acids is 1. The van der Waals surface area contributed by atoms with E-state index in [2.05, 4.69) is 4.99 Å². The molecular formula is C20H20N2O2S. The van der Waals surface area contributed by atoms with Crippen molar-refractivity contribution < 1.29 is 9.53 Å². The van der Waals surface area contributed by atoms with Crippen LogP contribution in [0.5, 0.6) is 5.75 Å². The summed E-state index contributed by atoms with van der Waals surface area (Å²) >= 11 is 1.39. The van der Waals surface area contributed by atoms with E-state index in [1.54, 1.807) is 11.9 Å². The van der Waals surface area contributed by atoms with E-state index in [1.807, 2.05) is 68.5 Å². The number of thioether (sulfide) groups is 1. The van der Waals surface area contributed by atoms with Gasteiger partial charge in [-0.2, -0.15) is 0 Å². The molecule has 1 aliphatic rings.